The number of rotatable bonds is 5. The minimum absolute atomic E-state index is 0.155. The third-order valence-electron chi connectivity index (χ3n) is 4.64. The second-order valence-corrected chi connectivity index (χ2v) is 9.84. The molecule has 1 saturated heterocycles. The zero-order valence-corrected chi connectivity index (χ0v) is 14.6. The lowest BCUT2D eigenvalue weighted by Gasteiger charge is -2.35. The van der Waals surface area contributed by atoms with Crippen molar-refractivity contribution in [3.05, 3.63) is 0 Å². The molecule has 5 heteroatoms. The lowest BCUT2D eigenvalue weighted by molar-refractivity contribution is 0.205. The van der Waals surface area contributed by atoms with Crippen molar-refractivity contribution in [1.82, 2.24) is 10.2 Å². The van der Waals surface area contributed by atoms with Gasteiger partial charge in [0.05, 0.1) is 10.5 Å². The summed E-state index contributed by atoms with van der Waals surface area (Å²) in [6.07, 6.45) is 3.27. The molecular weight excluding hydrogens is 272 g/mol. The van der Waals surface area contributed by atoms with Crippen molar-refractivity contribution in [1.29, 1.82) is 0 Å². The SMILES string of the molecule is CCC1(CC)CN(CCS(=O)(=O)C(C)(C)C)CCCN1. The summed E-state index contributed by atoms with van der Waals surface area (Å²) in [6.45, 7) is 13.4. The molecule has 1 aliphatic rings. The molecule has 1 heterocycles. The molecule has 0 radical (unpaired) electrons. The molecule has 1 rings (SSSR count). The molecule has 0 unspecified atom stereocenters. The Hall–Kier alpha value is -0.130. The van der Waals surface area contributed by atoms with E-state index in [1.807, 2.05) is 0 Å². The van der Waals surface area contributed by atoms with Gasteiger partial charge in [0.15, 0.2) is 9.84 Å². The number of nitrogens with one attached hydrogen (secondary N) is 1. The highest BCUT2D eigenvalue weighted by Gasteiger charge is 2.33. The summed E-state index contributed by atoms with van der Waals surface area (Å²) in [5.74, 6) is 0.264. The third kappa shape index (κ3) is 4.43. The van der Waals surface area contributed by atoms with E-state index in [2.05, 4.69) is 24.1 Å². The molecule has 1 fully saturated rings. The Morgan fingerprint density at radius 2 is 1.80 bits per heavy atom. The molecule has 4 nitrogen and oxygen atoms in total. The molecule has 0 atom stereocenters. The maximum absolute atomic E-state index is 12.2. The van der Waals surface area contributed by atoms with Crippen molar-refractivity contribution < 1.29 is 8.42 Å². The minimum Gasteiger partial charge on any atom is -0.310 e. The van der Waals surface area contributed by atoms with Crippen LogP contribution in [0.25, 0.3) is 0 Å². The number of sulfone groups is 1. The summed E-state index contributed by atoms with van der Waals surface area (Å²) < 4.78 is 23.8. The van der Waals surface area contributed by atoms with Crippen molar-refractivity contribution in [2.75, 3.05) is 31.9 Å². The van der Waals surface area contributed by atoms with Gasteiger partial charge >= 0.3 is 0 Å². The molecule has 0 aromatic heterocycles. The van der Waals surface area contributed by atoms with Gasteiger partial charge in [0.1, 0.15) is 0 Å². The molecule has 120 valence electrons. The van der Waals surface area contributed by atoms with Gasteiger partial charge in [-0.2, -0.15) is 0 Å². The summed E-state index contributed by atoms with van der Waals surface area (Å²) in [5.41, 5.74) is 0.155. The number of hydrogen-bond acceptors (Lipinski definition) is 4. The summed E-state index contributed by atoms with van der Waals surface area (Å²) in [5, 5.41) is 3.66. The van der Waals surface area contributed by atoms with Crippen molar-refractivity contribution >= 4 is 9.84 Å². The van der Waals surface area contributed by atoms with Gasteiger partial charge in [0.2, 0.25) is 0 Å². The van der Waals surface area contributed by atoms with E-state index >= 15 is 0 Å². The molecule has 0 aliphatic carbocycles. The van der Waals surface area contributed by atoms with E-state index in [1.54, 1.807) is 20.8 Å². The molecule has 1 N–H and O–H groups in total. The van der Waals surface area contributed by atoms with Crippen LogP contribution in [0.2, 0.25) is 0 Å². The second-order valence-electron chi connectivity index (χ2n) is 6.98. The van der Waals surface area contributed by atoms with Crippen LogP contribution in [0.1, 0.15) is 53.9 Å². The van der Waals surface area contributed by atoms with E-state index in [1.165, 1.54) is 0 Å². The highest BCUT2D eigenvalue weighted by molar-refractivity contribution is 7.92. The van der Waals surface area contributed by atoms with Crippen molar-refractivity contribution in [2.24, 2.45) is 0 Å². The van der Waals surface area contributed by atoms with E-state index in [0.717, 1.165) is 38.9 Å². The molecule has 0 aromatic carbocycles. The standard InChI is InChI=1S/C15H32N2O2S/c1-6-15(7-2)13-17(10-8-9-16-15)11-12-20(18,19)14(3,4)5/h16H,6-13H2,1-5H3. The number of nitrogens with zero attached hydrogens (tertiary/aromatic N) is 1. The average Bonchev–Trinajstić information content (AvgIpc) is 2.58. The number of hydrogen-bond donors (Lipinski definition) is 1. The van der Waals surface area contributed by atoms with Crippen LogP contribution in [0.3, 0.4) is 0 Å². The average molecular weight is 305 g/mol. The minimum atomic E-state index is -3.02. The molecule has 0 saturated carbocycles. The predicted molar refractivity (Wildman–Crippen MR) is 85.9 cm³/mol. The summed E-state index contributed by atoms with van der Waals surface area (Å²) >= 11 is 0. The van der Waals surface area contributed by atoms with Gasteiger partial charge in [-0.1, -0.05) is 13.8 Å². The highest BCUT2D eigenvalue weighted by Crippen LogP contribution is 2.21. The largest absolute Gasteiger partial charge is 0.310 e. The fraction of sp³-hybridized carbons (Fsp3) is 1.00. The molecule has 0 bridgehead atoms. The van der Waals surface area contributed by atoms with E-state index in [0.29, 0.717) is 6.54 Å². The normalized spacial score (nSPS) is 21.6. The van der Waals surface area contributed by atoms with Crippen LogP contribution in [0.15, 0.2) is 0 Å². The molecule has 0 spiro atoms. The summed E-state index contributed by atoms with van der Waals surface area (Å²) in [4.78, 5) is 2.33. The Morgan fingerprint density at radius 3 is 2.30 bits per heavy atom. The third-order valence-corrected chi connectivity index (χ3v) is 7.23. The summed E-state index contributed by atoms with van der Waals surface area (Å²) in [7, 11) is -3.02. The van der Waals surface area contributed by atoms with Gasteiger partial charge in [-0.05, 0) is 53.1 Å². The van der Waals surface area contributed by atoms with Crippen LogP contribution < -0.4 is 5.32 Å². The van der Waals surface area contributed by atoms with Crippen LogP contribution >= 0.6 is 0 Å². The predicted octanol–water partition coefficient (Wildman–Crippen LogP) is 2.05. The van der Waals surface area contributed by atoms with E-state index in [-0.39, 0.29) is 11.3 Å². The lowest BCUT2D eigenvalue weighted by atomic mass is 9.92. The first-order valence-electron chi connectivity index (χ1n) is 7.85. The van der Waals surface area contributed by atoms with Gasteiger partial charge in [0, 0.05) is 18.6 Å². The van der Waals surface area contributed by atoms with Gasteiger partial charge in [0.25, 0.3) is 0 Å². The van der Waals surface area contributed by atoms with E-state index < -0.39 is 14.6 Å². The Labute approximate surface area is 125 Å². The molecular formula is C15H32N2O2S. The molecule has 0 amide bonds. The maximum atomic E-state index is 12.2. The molecule has 1 aliphatic heterocycles. The smallest absolute Gasteiger partial charge is 0.156 e. The van der Waals surface area contributed by atoms with Crippen molar-refractivity contribution in [2.45, 2.75) is 64.2 Å². The maximum Gasteiger partial charge on any atom is 0.156 e. The van der Waals surface area contributed by atoms with Gasteiger partial charge in [-0.25, -0.2) is 8.42 Å². The van der Waals surface area contributed by atoms with Gasteiger partial charge in [-0.15, -0.1) is 0 Å². The van der Waals surface area contributed by atoms with Gasteiger partial charge < -0.3 is 10.2 Å². The van der Waals surface area contributed by atoms with E-state index in [4.69, 9.17) is 0 Å². The van der Waals surface area contributed by atoms with Crippen molar-refractivity contribution in [3.63, 3.8) is 0 Å². The van der Waals surface area contributed by atoms with E-state index in [9.17, 15) is 8.42 Å². The first kappa shape index (κ1) is 17.9. The highest BCUT2D eigenvalue weighted by atomic mass is 32.2. The van der Waals surface area contributed by atoms with Crippen LogP contribution in [0.5, 0.6) is 0 Å². The van der Waals surface area contributed by atoms with Crippen LogP contribution in [0.4, 0.5) is 0 Å². The topological polar surface area (TPSA) is 49.4 Å². The zero-order chi connectivity index (χ0) is 15.4. The second kappa shape index (κ2) is 6.75. The van der Waals surface area contributed by atoms with Crippen LogP contribution in [0, 0.1) is 0 Å². The monoisotopic (exact) mass is 304 g/mol. The van der Waals surface area contributed by atoms with Crippen molar-refractivity contribution in [3.8, 4) is 0 Å². The first-order chi connectivity index (χ1) is 9.16. The zero-order valence-electron chi connectivity index (χ0n) is 13.8. The Bertz CT molecular complexity index is 395. The summed E-state index contributed by atoms with van der Waals surface area (Å²) in [6, 6.07) is 0. The molecule has 20 heavy (non-hydrogen) atoms. The van der Waals surface area contributed by atoms with Crippen LogP contribution in [-0.4, -0.2) is 55.5 Å². The lowest BCUT2D eigenvalue weighted by Crippen LogP contribution is -2.51. The quantitative estimate of drug-likeness (QED) is 0.844. The fourth-order valence-electron chi connectivity index (χ4n) is 2.69. The Morgan fingerprint density at radius 1 is 1.20 bits per heavy atom. The Balaban J connectivity index is 2.68. The van der Waals surface area contributed by atoms with Gasteiger partial charge in [-0.3, -0.25) is 0 Å². The van der Waals surface area contributed by atoms with Crippen LogP contribution in [-0.2, 0) is 9.84 Å². The Kier molecular flexibility index (Phi) is 6.05. The first-order valence-corrected chi connectivity index (χ1v) is 9.51. The fourth-order valence-corrected chi connectivity index (χ4v) is 3.80. The molecule has 0 aromatic rings.